The quantitative estimate of drug-likeness (QED) is 0.515. The molecule has 1 aromatic heterocycles. The maximum Gasteiger partial charge on any atom is 0.416 e. The first-order valence-electron chi connectivity index (χ1n) is 9.45. The molecule has 2 aromatic rings. The first-order valence-corrected chi connectivity index (χ1v) is 10.5. The van der Waals surface area contributed by atoms with Gasteiger partial charge in [0.15, 0.2) is 0 Å². The lowest BCUT2D eigenvalue weighted by Crippen LogP contribution is -2.38. The van der Waals surface area contributed by atoms with Crippen molar-refractivity contribution >= 4 is 39.9 Å². The van der Waals surface area contributed by atoms with E-state index in [1.807, 2.05) is 19.1 Å². The van der Waals surface area contributed by atoms with Crippen LogP contribution in [0.5, 0.6) is 0 Å². The van der Waals surface area contributed by atoms with Crippen molar-refractivity contribution in [3.63, 3.8) is 0 Å². The van der Waals surface area contributed by atoms with Crippen LogP contribution < -0.4 is 5.32 Å². The highest BCUT2D eigenvalue weighted by atomic mass is 127. The van der Waals surface area contributed by atoms with E-state index in [1.54, 1.807) is 11.1 Å². The summed E-state index contributed by atoms with van der Waals surface area (Å²) in [5.41, 5.74) is 2.19. The van der Waals surface area contributed by atoms with Gasteiger partial charge in [0.25, 0.3) is 0 Å². The molecule has 1 aromatic carbocycles. The molecule has 2 amide bonds. The van der Waals surface area contributed by atoms with E-state index in [4.69, 9.17) is 0 Å². The normalized spacial score (nSPS) is 15.5. The van der Waals surface area contributed by atoms with Crippen LogP contribution in [-0.4, -0.2) is 34.1 Å². The van der Waals surface area contributed by atoms with Crippen molar-refractivity contribution in [2.24, 2.45) is 0 Å². The highest BCUT2D eigenvalue weighted by molar-refractivity contribution is 14.1. The molecule has 0 fully saturated rings. The minimum Gasteiger partial charge on any atom is -0.388 e. The van der Waals surface area contributed by atoms with Gasteiger partial charge in [-0.15, -0.1) is 0 Å². The number of carbonyl (C=O) groups excluding carboxylic acids is 1. The van der Waals surface area contributed by atoms with Gasteiger partial charge in [0, 0.05) is 28.5 Å². The van der Waals surface area contributed by atoms with Gasteiger partial charge in [-0.2, -0.15) is 13.2 Å². The Labute approximate surface area is 186 Å². The first kappa shape index (κ1) is 22.5. The molecule has 3 rings (SSSR count). The minimum absolute atomic E-state index is 0.309. The van der Waals surface area contributed by atoms with E-state index in [1.165, 1.54) is 12.1 Å². The summed E-state index contributed by atoms with van der Waals surface area (Å²) in [6.07, 6.45) is -0.117. The third-order valence-electron chi connectivity index (χ3n) is 4.90. The number of benzene rings is 1. The number of aliphatic hydroxyl groups is 1. The second kappa shape index (κ2) is 9.34. The zero-order valence-electron chi connectivity index (χ0n) is 16.2. The summed E-state index contributed by atoms with van der Waals surface area (Å²) in [5.74, 6) is 0. The van der Waals surface area contributed by atoms with Gasteiger partial charge in [-0.3, -0.25) is 4.98 Å². The summed E-state index contributed by atoms with van der Waals surface area (Å²) in [4.78, 5) is 18.5. The zero-order valence-corrected chi connectivity index (χ0v) is 18.4. The highest BCUT2D eigenvalue weighted by Crippen LogP contribution is 2.30. The number of pyridine rings is 1. The Morgan fingerprint density at radius 3 is 2.57 bits per heavy atom. The average molecular weight is 531 g/mol. The Morgan fingerprint density at radius 2 is 2.03 bits per heavy atom. The fourth-order valence-corrected chi connectivity index (χ4v) is 3.97. The van der Waals surface area contributed by atoms with Crippen LogP contribution in [0, 0.1) is 3.57 Å². The molecule has 0 saturated heterocycles. The standard InChI is InChI=1S/C21H21F3IN3O2/c1-2-18(29)14-11-17(25)19(26-12-14)13-7-9-28(10-8-13)20(30)27-16-5-3-15(4-6-16)21(22,23)24/h3-7,11-12,18,29H,2,8-10H2,1H3,(H,27,30). The molecule has 0 radical (unpaired) electrons. The van der Waals surface area contributed by atoms with Gasteiger partial charge in [0.1, 0.15) is 0 Å². The summed E-state index contributed by atoms with van der Waals surface area (Å²) in [5, 5.41) is 12.6. The summed E-state index contributed by atoms with van der Waals surface area (Å²) in [6.45, 7) is 2.74. The average Bonchev–Trinajstić information content (AvgIpc) is 2.73. The van der Waals surface area contributed by atoms with Crippen molar-refractivity contribution in [1.82, 2.24) is 9.88 Å². The second-order valence-electron chi connectivity index (χ2n) is 6.95. The third kappa shape index (κ3) is 5.31. The molecule has 2 N–H and O–H groups in total. The number of aromatic nitrogens is 1. The van der Waals surface area contributed by atoms with Gasteiger partial charge in [0.05, 0.1) is 17.4 Å². The molecule has 1 atom stereocenters. The van der Waals surface area contributed by atoms with Crippen LogP contribution in [-0.2, 0) is 6.18 Å². The molecule has 1 unspecified atom stereocenters. The summed E-state index contributed by atoms with van der Waals surface area (Å²) in [7, 11) is 0. The molecule has 0 aliphatic carbocycles. The van der Waals surface area contributed by atoms with Crippen molar-refractivity contribution in [3.8, 4) is 0 Å². The van der Waals surface area contributed by atoms with E-state index in [-0.39, 0.29) is 6.03 Å². The summed E-state index contributed by atoms with van der Waals surface area (Å²) in [6, 6.07) is 5.91. The summed E-state index contributed by atoms with van der Waals surface area (Å²) >= 11 is 2.19. The number of amides is 2. The molecule has 1 aliphatic rings. The maximum atomic E-state index is 12.6. The minimum atomic E-state index is -4.41. The van der Waals surface area contributed by atoms with Crippen LogP contribution in [0.25, 0.3) is 5.57 Å². The highest BCUT2D eigenvalue weighted by Gasteiger charge is 2.30. The fraction of sp³-hybridized carbons (Fsp3) is 0.333. The largest absolute Gasteiger partial charge is 0.416 e. The summed E-state index contributed by atoms with van der Waals surface area (Å²) < 4.78 is 38.8. The predicted octanol–water partition coefficient (Wildman–Crippen LogP) is 5.47. The Hall–Kier alpha value is -2.14. The van der Waals surface area contributed by atoms with Crippen LogP contribution in [0.4, 0.5) is 23.7 Å². The van der Waals surface area contributed by atoms with Crippen LogP contribution in [0.2, 0.25) is 0 Å². The second-order valence-corrected chi connectivity index (χ2v) is 8.12. The van der Waals surface area contributed by atoms with E-state index >= 15 is 0 Å². The molecule has 160 valence electrons. The Morgan fingerprint density at radius 1 is 1.33 bits per heavy atom. The number of alkyl halides is 3. The predicted molar refractivity (Wildman–Crippen MR) is 117 cm³/mol. The van der Waals surface area contributed by atoms with Crippen LogP contribution in [0.3, 0.4) is 0 Å². The lowest BCUT2D eigenvalue weighted by Gasteiger charge is -2.27. The lowest BCUT2D eigenvalue weighted by molar-refractivity contribution is -0.137. The number of aliphatic hydroxyl groups excluding tert-OH is 1. The van der Waals surface area contributed by atoms with Crippen molar-refractivity contribution in [2.45, 2.75) is 32.0 Å². The van der Waals surface area contributed by atoms with Gasteiger partial charge < -0.3 is 15.3 Å². The Bertz CT molecular complexity index is 946. The SMILES string of the molecule is CCC(O)c1cnc(C2=CCN(C(=O)Nc3ccc(C(F)(F)F)cc3)CC2)c(I)c1. The van der Waals surface area contributed by atoms with Crippen LogP contribution in [0.15, 0.2) is 42.6 Å². The van der Waals surface area contributed by atoms with Gasteiger partial charge in [-0.25, -0.2) is 4.79 Å². The van der Waals surface area contributed by atoms with E-state index in [0.29, 0.717) is 31.6 Å². The number of halogens is 4. The third-order valence-corrected chi connectivity index (χ3v) is 5.72. The van der Waals surface area contributed by atoms with E-state index < -0.39 is 17.8 Å². The van der Waals surface area contributed by atoms with Crippen molar-refractivity contribution in [3.05, 3.63) is 63.0 Å². The molecule has 2 heterocycles. The first-order chi connectivity index (χ1) is 14.2. The lowest BCUT2D eigenvalue weighted by atomic mass is 10.0. The number of anilines is 1. The van der Waals surface area contributed by atoms with Gasteiger partial charge >= 0.3 is 12.2 Å². The Balaban J connectivity index is 1.63. The molecule has 1 aliphatic heterocycles. The molecular weight excluding hydrogens is 510 g/mol. The van der Waals surface area contributed by atoms with E-state index in [9.17, 15) is 23.1 Å². The molecule has 0 spiro atoms. The number of nitrogens with zero attached hydrogens (tertiary/aromatic N) is 2. The van der Waals surface area contributed by atoms with Gasteiger partial charge in [-0.05, 0) is 76.9 Å². The molecule has 0 bridgehead atoms. The monoisotopic (exact) mass is 531 g/mol. The zero-order chi connectivity index (χ0) is 21.9. The molecular formula is C21H21F3IN3O2. The van der Waals surface area contributed by atoms with E-state index in [2.05, 4.69) is 32.9 Å². The van der Waals surface area contributed by atoms with Crippen LogP contribution >= 0.6 is 22.6 Å². The van der Waals surface area contributed by atoms with Gasteiger partial charge in [-0.1, -0.05) is 13.0 Å². The number of hydrogen-bond donors (Lipinski definition) is 2. The van der Waals surface area contributed by atoms with Crippen molar-refractivity contribution < 1.29 is 23.1 Å². The number of hydrogen-bond acceptors (Lipinski definition) is 3. The number of rotatable bonds is 4. The molecule has 30 heavy (non-hydrogen) atoms. The number of urea groups is 1. The smallest absolute Gasteiger partial charge is 0.388 e. The number of nitrogens with one attached hydrogen (secondary N) is 1. The molecule has 5 nitrogen and oxygen atoms in total. The topological polar surface area (TPSA) is 65.5 Å². The maximum absolute atomic E-state index is 12.6. The molecule has 0 saturated carbocycles. The van der Waals surface area contributed by atoms with Crippen LogP contribution in [0.1, 0.15) is 42.7 Å². The number of carbonyl (C=O) groups is 1. The Kier molecular flexibility index (Phi) is 7.02. The molecule has 9 heteroatoms. The van der Waals surface area contributed by atoms with Crippen molar-refractivity contribution in [2.75, 3.05) is 18.4 Å². The van der Waals surface area contributed by atoms with Gasteiger partial charge in [0.2, 0.25) is 0 Å². The van der Waals surface area contributed by atoms with Crippen molar-refractivity contribution in [1.29, 1.82) is 0 Å². The fourth-order valence-electron chi connectivity index (χ4n) is 3.12. The van der Waals surface area contributed by atoms with E-state index in [0.717, 1.165) is 32.5 Å².